The number of hydrogen-bond donors (Lipinski definition) is 3. The number of para-hydroxylation sites is 1. The number of aliphatic hydroxyl groups is 2. The molecule has 0 spiro atoms. The van der Waals surface area contributed by atoms with Gasteiger partial charge in [-0.05, 0) is 42.7 Å². The van der Waals surface area contributed by atoms with E-state index >= 15 is 0 Å². The second kappa shape index (κ2) is 11.7. The molecule has 0 amide bonds. The molecule has 1 aromatic rings. The largest absolute Gasteiger partial charge is 0.507 e. The molecule has 29 heavy (non-hydrogen) atoms. The third-order valence-electron chi connectivity index (χ3n) is 5.81. The first-order valence-electron chi connectivity index (χ1n) is 10.5. The molecular formula is C23H33BrO5. The number of hydrogen-bond acceptors (Lipinski definition) is 5. The van der Waals surface area contributed by atoms with Gasteiger partial charge in [-0.1, -0.05) is 66.4 Å². The van der Waals surface area contributed by atoms with Crippen LogP contribution in [0.2, 0.25) is 0 Å². The third kappa shape index (κ3) is 6.56. The van der Waals surface area contributed by atoms with Crippen molar-refractivity contribution in [1.29, 1.82) is 0 Å². The van der Waals surface area contributed by atoms with Crippen LogP contribution in [0.4, 0.5) is 0 Å². The van der Waals surface area contributed by atoms with Crippen LogP contribution in [0.25, 0.3) is 0 Å². The van der Waals surface area contributed by atoms with E-state index in [2.05, 4.69) is 27.6 Å². The van der Waals surface area contributed by atoms with Gasteiger partial charge in [-0.3, -0.25) is 4.79 Å². The molecule has 0 saturated heterocycles. The molecule has 4 atom stereocenters. The number of halogens is 1. The van der Waals surface area contributed by atoms with E-state index in [9.17, 15) is 20.1 Å². The number of phenolic OH excluding ortho intramolecular Hbond substituents is 1. The lowest BCUT2D eigenvalue weighted by Crippen LogP contribution is -2.18. The molecule has 0 radical (unpaired) electrons. The molecule has 1 fully saturated rings. The van der Waals surface area contributed by atoms with E-state index in [0.717, 1.165) is 31.2 Å². The predicted octanol–water partition coefficient (Wildman–Crippen LogP) is 4.57. The van der Waals surface area contributed by atoms with Gasteiger partial charge in [-0.15, -0.1) is 0 Å². The Morgan fingerprint density at radius 2 is 2.10 bits per heavy atom. The van der Waals surface area contributed by atoms with E-state index in [-0.39, 0.29) is 30.0 Å². The van der Waals surface area contributed by atoms with Gasteiger partial charge in [0.25, 0.3) is 0 Å². The van der Waals surface area contributed by atoms with Crippen molar-refractivity contribution in [3.8, 4) is 5.75 Å². The number of unbranched alkanes of at least 4 members (excludes halogenated alkanes) is 2. The van der Waals surface area contributed by atoms with Gasteiger partial charge in [0.15, 0.2) is 0 Å². The van der Waals surface area contributed by atoms with Gasteiger partial charge in [-0.2, -0.15) is 0 Å². The highest BCUT2D eigenvalue weighted by atomic mass is 79.9. The summed E-state index contributed by atoms with van der Waals surface area (Å²) in [6.07, 6.45) is 6.66. The zero-order chi connectivity index (χ0) is 21.4. The molecule has 1 aliphatic rings. The van der Waals surface area contributed by atoms with Crippen LogP contribution in [-0.2, 0) is 16.0 Å². The number of aliphatic hydroxyl groups excluding tert-OH is 2. The minimum absolute atomic E-state index is 0.0431. The van der Waals surface area contributed by atoms with Crippen molar-refractivity contribution in [1.82, 2.24) is 0 Å². The summed E-state index contributed by atoms with van der Waals surface area (Å²) in [5.74, 6) is -0.355. The SMILES string of the molecule is CCCCCC(O)/C(Br)=C/C1[C@H](O)CC[C@@H]1c1cccc(CCC(=O)OC)c1O. The van der Waals surface area contributed by atoms with Crippen molar-refractivity contribution >= 4 is 21.9 Å². The van der Waals surface area contributed by atoms with Crippen molar-refractivity contribution in [2.45, 2.75) is 76.4 Å². The molecule has 1 saturated carbocycles. The molecule has 3 N–H and O–H groups in total. The van der Waals surface area contributed by atoms with Crippen molar-refractivity contribution in [2.75, 3.05) is 7.11 Å². The third-order valence-corrected chi connectivity index (χ3v) is 6.60. The molecule has 0 aliphatic heterocycles. The first-order chi connectivity index (χ1) is 13.9. The maximum atomic E-state index is 11.4. The van der Waals surface area contributed by atoms with Gasteiger partial charge in [0, 0.05) is 16.8 Å². The number of aryl methyl sites for hydroxylation is 1. The normalized spacial score (nSPS) is 23.2. The summed E-state index contributed by atoms with van der Waals surface area (Å²) in [4.78, 5) is 11.4. The Bertz CT molecular complexity index is 703. The van der Waals surface area contributed by atoms with E-state index in [1.165, 1.54) is 7.11 Å². The average molecular weight is 469 g/mol. The van der Waals surface area contributed by atoms with Crippen molar-refractivity contribution in [3.05, 3.63) is 39.9 Å². The van der Waals surface area contributed by atoms with E-state index in [1.807, 2.05) is 24.3 Å². The minimum atomic E-state index is -0.574. The van der Waals surface area contributed by atoms with Gasteiger partial charge in [0.2, 0.25) is 0 Å². The van der Waals surface area contributed by atoms with E-state index in [1.54, 1.807) is 0 Å². The van der Waals surface area contributed by atoms with Crippen LogP contribution in [0.1, 0.15) is 68.9 Å². The molecule has 2 unspecified atom stereocenters. The minimum Gasteiger partial charge on any atom is -0.507 e. The smallest absolute Gasteiger partial charge is 0.305 e. The van der Waals surface area contributed by atoms with Gasteiger partial charge in [-0.25, -0.2) is 0 Å². The Labute approximate surface area is 181 Å². The van der Waals surface area contributed by atoms with E-state index < -0.39 is 12.2 Å². The quantitative estimate of drug-likeness (QED) is 0.345. The fraction of sp³-hybridized carbons (Fsp3) is 0.609. The molecule has 1 aliphatic carbocycles. The number of phenols is 1. The molecule has 0 bridgehead atoms. The van der Waals surface area contributed by atoms with Crippen LogP contribution in [0.5, 0.6) is 5.75 Å². The number of esters is 1. The summed E-state index contributed by atoms with van der Waals surface area (Å²) in [5, 5.41) is 31.8. The maximum Gasteiger partial charge on any atom is 0.305 e. The number of carbonyl (C=O) groups is 1. The lowest BCUT2D eigenvalue weighted by Gasteiger charge is -2.23. The first-order valence-corrected chi connectivity index (χ1v) is 11.3. The van der Waals surface area contributed by atoms with Crippen LogP contribution in [0.3, 0.4) is 0 Å². The summed E-state index contributed by atoms with van der Waals surface area (Å²) in [6.45, 7) is 2.13. The summed E-state index contributed by atoms with van der Waals surface area (Å²) < 4.78 is 5.38. The Kier molecular flexibility index (Phi) is 9.66. The van der Waals surface area contributed by atoms with Gasteiger partial charge >= 0.3 is 5.97 Å². The van der Waals surface area contributed by atoms with Crippen LogP contribution in [0, 0.1) is 5.92 Å². The second-order valence-electron chi connectivity index (χ2n) is 7.82. The zero-order valence-electron chi connectivity index (χ0n) is 17.3. The van der Waals surface area contributed by atoms with Crippen LogP contribution < -0.4 is 0 Å². The number of benzene rings is 1. The Morgan fingerprint density at radius 3 is 2.79 bits per heavy atom. The number of carbonyl (C=O) groups excluding carboxylic acids is 1. The highest BCUT2D eigenvalue weighted by Crippen LogP contribution is 2.45. The number of ether oxygens (including phenoxy) is 1. The molecule has 0 heterocycles. The van der Waals surface area contributed by atoms with Gasteiger partial charge < -0.3 is 20.1 Å². The van der Waals surface area contributed by atoms with Gasteiger partial charge in [0.1, 0.15) is 5.75 Å². The Hall–Kier alpha value is -1.37. The predicted molar refractivity (Wildman–Crippen MR) is 117 cm³/mol. The van der Waals surface area contributed by atoms with Crippen molar-refractivity contribution in [2.24, 2.45) is 5.92 Å². The Morgan fingerprint density at radius 1 is 1.34 bits per heavy atom. The number of aromatic hydroxyl groups is 1. The summed E-state index contributed by atoms with van der Waals surface area (Å²) >= 11 is 3.50. The Balaban J connectivity index is 2.18. The highest BCUT2D eigenvalue weighted by molar-refractivity contribution is 9.11. The van der Waals surface area contributed by atoms with Crippen LogP contribution in [-0.4, -0.2) is 40.6 Å². The lowest BCUT2D eigenvalue weighted by atomic mass is 9.85. The van der Waals surface area contributed by atoms with Crippen molar-refractivity contribution in [3.63, 3.8) is 0 Å². The zero-order valence-corrected chi connectivity index (χ0v) is 18.9. The van der Waals surface area contributed by atoms with E-state index in [0.29, 0.717) is 29.3 Å². The van der Waals surface area contributed by atoms with Crippen LogP contribution in [0.15, 0.2) is 28.8 Å². The molecule has 6 heteroatoms. The lowest BCUT2D eigenvalue weighted by molar-refractivity contribution is -0.140. The van der Waals surface area contributed by atoms with Crippen molar-refractivity contribution < 1.29 is 24.9 Å². The number of methoxy groups -OCH3 is 1. The first kappa shape index (κ1) is 23.9. The summed E-state index contributed by atoms with van der Waals surface area (Å²) in [6, 6.07) is 5.57. The molecular weight excluding hydrogens is 436 g/mol. The average Bonchev–Trinajstić information content (AvgIpc) is 3.07. The molecule has 5 nitrogen and oxygen atoms in total. The molecule has 162 valence electrons. The number of rotatable bonds is 10. The standard InChI is InChI=1S/C23H33BrO5/c1-3-4-5-9-21(26)19(24)14-18-16(11-12-20(18)25)17-8-6-7-15(23(17)28)10-13-22(27)29-2/h6-8,14,16,18,20-21,25-26,28H,3-5,9-13H2,1-2H3/b19-14-/t16-,18?,20-,21?/m1/s1. The topological polar surface area (TPSA) is 87.0 Å². The highest BCUT2D eigenvalue weighted by Gasteiger charge is 2.36. The van der Waals surface area contributed by atoms with Crippen LogP contribution >= 0.6 is 15.9 Å². The fourth-order valence-corrected chi connectivity index (χ4v) is 4.60. The monoisotopic (exact) mass is 468 g/mol. The van der Waals surface area contributed by atoms with Gasteiger partial charge in [0.05, 0.1) is 19.3 Å². The second-order valence-corrected chi connectivity index (χ2v) is 8.74. The fourth-order valence-electron chi connectivity index (χ4n) is 4.06. The van der Waals surface area contributed by atoms with E-state index in [4.69, 9.17) is 0 Å². The molecule has 1 aromatic carbocycles. The molecule has 2 rings (SSSR count). The molecule has 0 aromatic heterocycles. The summed E-state index contributed by atoms with van der Waals surface area (Å²) in [7, 11) is 1.35. The summed E-state index contributed by atoms with van der Waals surface area (Å²) in [5.41, 5.74) is 1.49. The maximum absolute atomic E-state index is 11.4.